The smallest absolute Gasteiger partial charge is 0.524 e. The summed E-state index contributed by atoms with van der Waals surface area (Å²) >= 11 is -2.08. The number of hydrogen-bond acceptors (Lipinski definition) is 4. The van der Waals surface area contributed by atoms with Crippen LogP contribution in [0.2, 0.25) is 0 Å². The molecule has 0 heterocycles. The maximum Gasteiger partial charge on any atom is 0.524 e. The van der Waals surface area contributed by atoms with Crippen LogP contribution in [0.5, 0.6) is 5.75 Å². The zero-order valence-electron chi connectivity index (χ0n) is 13.5. The highest BCUT2D eigenvalue weighted by atomic mass is 32.2. The van der Waals surface area contributed by atoms with Crippen LogP contribution in [-0.2, 0) is 15.6 Å². The van der Waals surface area contributed by atoms with Crippen LogP contribution < -0.4 is 4.52 Å². The van der Waals surface area contributed by atoms with Gasteiger partial charge in [0.25, 0.3) is 0 Å². The standard InChI is InChI=1S/C12H11O4P.C6H6O2S/c13-17(14,15)16-12-8-6-11(7-9-12)10-4-2-1-3-5-10;7-9(8)6-4-2-1-3-5-6/h1-9H,(H2,13,14,15);1-5H,(H,7,8)/p-1. The second-order valence-electron chi connectivity index (χ2n) is 5.02. The lowest BCUT2D eigenvalue weighted by molar-refractivity contribution is 0.283. The van der Waals surface area contributed by atoms with Gasteiger partial charge in [-0.05, 0) is 46.5 Å². The van der Waals surface area contributed by atoms with Crippen LogP contribution in [0, 0.1) is 0 Å². The van der Waals surface area contributed by atoms with Crippen molar-refractivity contribution in [2.75, 3.05) is 0 Å². The molecule has 6 nitrogen and oxygen atoms in total. The minimum Gasteiger partial charge on any atom is -0.768 e. The fourth-order valence-corrected chi connectivity index (χ4v) is 2.78. The Morgan fingerprint density at radius 3 is 1.65 bits per heavy atom. The quantitative estimate of drug-likeness (QED) is 0.518. The SMILES string of the molecule is O=P(O)(O)Oc1ccc(-c2ccccc2)cc1.O=S([O-])c1ccccc1. The fourth-order valence-electron chi connectivity index (χ4n) is 2.01. The van der Waals surface area contributed by atoms with Crippen LogP contribution in [0.15, 0.2) is 89.8 Å². The first kappa shape index (κ1) is 20.0. The van der Waals surface area contributed by atoms with E-state index in [4.69, 9.17) is 9.79 Å². The van der Waals surface area contributed by atoms with Crippen molar-refractivity contribution in [1.29, 1.82) is 0 Å². The number of rotatable bonds is 4. The Labute approximate surface area is 153 Å². The Kier molecular flexibility index (Phi) is 7.26. The Bertz CT molecular complexity index is 879. The van der Waals surface area contributed by atoms with E-state index in [0.717, 1.165) is 11.1 Å². The van der Waals surface area contributed by atoms with Crippen LogP contribution in [0.1, 0.15) is 0 Å². The number of benzene rings is 3. The summed E-state index contributed by atoms with van der Waals surface area (Å²) in [6.07, 6.45) is 0. The molecule has 3 rings (SSSR count). The van der Waals surface area contributed by atoms with Crippen LogP contribution in [-0.4, -0.2) is 18.5 Å². The first-order valence-electron chi connectivity index (χ1n) is 7.40. The van der Waals surface area contributed by atoms with Gasteiger partial charge in [0.15, 0.2) is 0 Å². The molecule has 8 heteroatoms. The normalized spacial score (nSPS) is 11.8. The van der Waals surface area contributed by atoms with E-state index < -0.39 is 18.9 Å². The molecular weight excluding hydrogens is 375 g/mol. The average Bonchev–Trinajstić information content (AvgIpc) is 2.63. The highest BCUT2D eigenvalue weighted by molar-refractivity contribution is 7.79. The molecule has 0 amide bonds. The second kappa shape index (κ2) is 9.43. The monoisotopic (exact) mass is 391 g/mol. The number of hydrogen-bond donors (Lipinski definition) is 2. The number of phosphoric acid groups is 1. The average molecular weight is 391 g/mol. The molecule has 0 saturated heterocycles. The molecule has 26 heavy (non-hydrogen) atoms. The van der Waals surface area contributed by atoms with E-state index >= 15 is 0 Å². The van der Waals surface area contributed by atoms with Gasteiger partial charge in [-0.25, -0.2) is 4.57 Å². The lowest BCUT2D eigenvalue weighted by Gasteiger charge is -2.07. The summed E-state index contributed by atoms with van der Waals surface area (Å²) in [5.41, 5.74) is 2.00. The van der Waals surface area contributed by atoms with Crippen LogP contribution in [0.4, 0.5) is 0 Å². The molecule has 0 bridgehead atoms. The summed E-state index contributed by atoms with van der Waals surface area (Å²) < 4.78 is 35.5. The molecule has 0 saturated carbocycles. The molecule has 2 N–H and O–H groups in total. The second-order valence-corrected chi connectivity index (χ2v) is 7.12. The topological polar surface area (TPSA) is 107 Å². The van der Waals surface area contributed by atoms with Gasteiger partial charge < -0.3 is 9.08 Å². The van der Waals surface area contributed by atoms with Crippen molar-refractivity contribution in [3.63, 3.8) is 0 Å². The molecule has 0 fully saturated rings. The lowest BCUT2D eigenvalue weighted by Crippen LogP contribution is -1.89. The van der Waals surface area contributed by atoms with Gasteiger partial charge in [-0.1, -0.05) is 60.7 Å². The predicted molar refractivity (Wildman–Crippen MR) is 98.2 cm³/mol. The summed E-state index contributed by atoms with van der Waals surface area (Å²) in [7, 11) is -4.47. The van der Waals surface area contributed by atoms with Crippen molar-refractivity contribution in [3.05, 3.63) is 84.9 Å². The summed E-state index contributed by atoms with van der Waals surface area (Å²) in [4.78, 5) is 17.6. The van der Waals surface area contributed by atoms with Gasteiger partial charge in [0, 0.05) is 4.90 Å². The molecule has 3 aromatic carbocycles. The molecule has 0 spiro atoms. The largest absolute Gasteiger partial charge is 0.768 e. The zero-order valence-corrected chi connectivity index (χ0v) is 15.2. The van der Waals surface area contributed by atoms with Gasteiger partial charge in [0.05, 0.1) is 0 Å². The molecular formula is C18H16O6PS-. The lowest BCUT2D eigenvalue weighted by atomic mass is 10.1. The molecule has 0 aromatic heterocycles. The van der Waals surface area contributed by atoms with Crippen molar-refractivity contribution in [2.24, 2.45) is 0 Å². The van der Waals surface area contributed by atoms with Crippen LogP contribution in [0.3, 0.4) is 0 Å². The van der Waals surface area contributed by atoms with Crippen molar-refractivity contribution < 1.29 is 27.6 Å². The maximum absolute atomic E-state index is 10.6. The van der Waals surface area contributed by atoms with Crippen molar-refractivity contribution >= 4 is 18.9 Å². The Morgan fingerprint density at radius 1 is 0.769 bits per heavy atom. The Balaban J connectivity index is 0.000000228. The Hall–Kier alpha value is -2.28. The van der Waals surface area contributed by atoms with Crippen molar-refractivity contribution in [1.82, 2.24) is 0 Å². The molecule has 1 unspecified atom stereocenters. The minimum atomic E-state index is -4.47. The van der Waals surface area contributed by atoms with E-state index in [1.54, 1.807) is 42.5 Å². The molecule has 3 aromatic rings. The van der Waals surface area contributed by atoms with Gasteiger partial charge in [-0.3, -0.25) is 14.0 Å². The third-order valence-corrected chi connectivity index (χ3v) is 4.23. The number of phosphoric ester groups is 1. The van der Waals surface area contributed by atoms with E-state index in [1.807, 2.05) is 30.3 Å². The van der Waals surface area contributed by atoms with Gasteiger partial charge in [-0.15, -0.1) is 0 Å². The van der Waals surface area contributed by atoms with E-state index in [0.29, 0.717) is 4.90 Å². The molecule has 0 aliphatic carbocycles. The van der Waals surface area contributed by atoms with Gasteiger partial charge in [-0.2, -0.15) is 0 Å². The van der Waals surface area contributed by atoms with Crippen molar-refractivity contribution in [3.8, 4) is 16.9 Å². The third kappa shape index (κ3) is 6.92. The first-order chi connectivity index (χ1) is 12.3. The minimum absolute atomic E-state index is 0.151. The van der Waals surface area contributed by atoms with Gasteiger partial charge in [0.1, 0.15) is 5.75 Å². The highest BCUT2D eigenvalue weighted by Crippen LogP contribution is 2.37. The predicted octanol–water partition coefficient (Wildman–Crippen LogP) is 3.75. The highest BCUT2D eigenvalue weighted by Gasteiger charge is 2.15. The third-order valence-electron chi connectivity index (χ3n) is 3.12. The zero-order chi connectivity index (χ0) is 19.0. The molecule has 0 aliphatic rings. The van der Waals surface area contributed by atoms with E-state index in [2.05, 4.69) is 4.52 Å². The summed E-state index contributed by atoms with van der Waals surface area (Å²) in [5, 5.41) is 0. The van der Waals surface area contributed by atoms with Crippen molar-refractivity contribution in [2.45, 2.75) is 4.90 Å². The molecule has 0 radical (unpaired) electrons. The van der Waals surface area contributed by atoms with Crippen LogP contribution >= 0.6 is 7.82 Å². The van der Waals surface area contributed by atoms with Gasteiger partial charge >= 0.3 is 7.82 Å². The first-order valence-corrected chi connectivity index (χ1v) is 10.0. The summed E-state index contributed by atoms with van der Waals surface area (Å²) in [5.74, 6) is 0.151. The van der Waals surface area contributed by atoms with Gasteiger partial charge in [0.2, 0.25) is 0 Å². The van der Waals surface area contributed by atoms with E-state index in [1.165, 1.54) is 12.1 Å². The fraction of sp³-hybridized carbons (Fsp3) is 0. The van der Waals surface area contributed by atoms with Crippen LogP contribution in [0.25, 0.3) is 11.1 Å². The van der Waals surface area contributed by atoms with E-state index in [-0.39, 0.29) is 5.75 Å². The molecule has 1 atom stereocenters. The summed E-state index contributed by atoms with van der Waals surface area (Å²) in [6.45, 7) is 0. The summed E-state index contributed by atoms with van der Waals surface area (Å²) in [6, 6.07) is 24.5. The Morgan fingerprint density at radius 2 is 1.23 bits per heavy atom. The molecule has 136 valence electrons. The van der Waals surface area contributed by atoms with E-state index in [9.17, 15) is 13.3 Å². The molecule has 0 aliphatic heterocycles. The maximum atomic E-state index is 10.6.